The molecule has 2 aromatic heterocycles. The van der Waals surface area contributed by atoms with E-state index in [4.69, 9.17) is 0 Å². The summed E-state index contributed by atoms with van der Waals surface area (Å²) in [4.78, 5) is 16.9. The number of carbonyl (C=O) groups is 1. The van der Waals surface area contributed by atoms with Crippen LogP contribution >= 0.6 is 0 Å². The SMILES string of the molecule is Cc1cnc2c(C(=O)N[C@@H](c3ccc(OC(F)(F)F)c(F)c3)C(C)(C)O)cnn2c1. The number of benzene rings is 1. The zero-order valence-electron chi connectivity index (χ0n) is 16.2. The fraction of sp³-hybridized carbons (Fsp3) is 0.316. The number of halogens is 4. The van der Waals surface area contributed by atoms with Crippen LogP contribution in [-0.2, 0) is 0 Å². The lowest BCUT2D eigenvalue weighted by molar-refractivity contribution is -0.275. The molecule has 2 heterocycles. The standard InChI is InChI=1S/C19H18F4N4O3/c1-10-7-24-16-12(8-25-27(16)9-10)17(28)26-15(18(2,3)29)11-4-5-14(13(20)6-11)30-19(21,22)23/h4-9,15,29H,1-3H3,(H,26,28)/t15-/m0/s1. The molecule has 0 fully saturated rings. The molecule has 1 amide bonds. The minimum absolute atomic E-state index is 0.0446. The maximum Gasteiger partial charge on any atom is 0.573 e. The van der Waals surface area contributed by atoms with Crippen molar-refractivity contribution in [2.75, 3.05) is 0 Å². The van der Waals surface area contributed by atoms with E-state index < -0.39 is 35.5 Å². The van der Waals surface area contributed by atoms with Gasteiger partial charge < -0.3 is 15.2 Å². The number of alkyl halides is 3. The molecule has 11 heteroatoms. The number of amides is 1. The highest BCUT2D eigenvalue weighted by molar-refractivity contribution is 5.99. The van der Waals surface area contributed by atoms with Gasteiger partial charge in [0.15, 0.2) is 17.2 Å². The summed E-state index contributed by atoms with van der Waals surface area (Å²) in [6.45, 7) is 4.54. The molecule has 30 heavy (non-hydrogen) atoms. The number of aliphatic hydroxyl groups is 1. The molecule has 1 atom stereocenters. The molecule has 0 aliphatic carbocycles. The minimum atomic E-state index is -5.05. The van der Waals surface area contributed by atoms with Crippen LogP contribution in [0.15, 0.2) is 36.8 Å². The van der Waals surface area contributed by atoms with E-state index in [1.807, 2.05) is 0 Å². The van der Waals surface area contributed by atoms with Crippen LogP contribution < -0.4 is 10.1 Å². The fourth-order valence-corrected chi connectivity index (χ4v) is 2.91. The average molecular weight is 426 g/mol. The van der Waals surface area contributed by atoms with Gasteiger partial charge in [-0.15, -0.1) is 13.2 Å². The molecule has 0 unspecified atom stereocenters. The third-order valence-electron chi connectivity index (χ3n) is 4.23. The molecule has 0 bridgehead atoms. The van der Waals surface area contributed by atoms with Gasteiger partial charge in [-0.2, -0.15) is 5.10 Å². The normalized spacial score (nSPS) is 13.3. The second kappa shape index (κ2) is 7.56. The van der Waals surface area contributed by atoms with Crippen LogP contribution in [0.3, 0.4) is 0 Å². The molecule has 0 aliphatic rings. The van der Waals surface area contributed by atoms with Gasteiger partial charge in [-0.05, 0) is 44.0 Å². The first kappa shape index (κ1) is 21.5. The van der Waals surface area contributed by atoms with Gasteiger partial charge in [0.1, 0.15) is 5.56 Å². The van der Waals surface area contributed by atoms with Gasteiger partial charge in [-0.25, -0.2) is 13.9 Å². The molecular weight excluding hydrogens is 408 g/mol. The highest BCUT2D eigenvalue weighted by Gasteiger charge is 2.34. The van der Waals surface area contributed by atoms with Gasteiger partial charge in [0, 0.05) is 12.4 Å². The maximum atomic E-state index is 14.1. The van der Waals surface area contributed by atoms with E-state index in [0.717, 1.165) is 23.8 Å². The predicted octanol–water partition coefficient (Wildman–Crippen LogP) is 3.32. The largest absolute Gasteiger partial charge is 0.573 e. The zero-order chi connectivity index (χ0) is 22.3. The Bertz CT molecular complexity index is 1090. The Kier molecular flexibility index (Phi) is 5.42. The van der Waals surface area contributed by atoms with Crippen LogP contribution in [0, 0.1) is 12.7 Å². The van der Waals surface area contributed by atoms with Gasteiger partial charge in [0.2, 0.25) is 0 Å². The first-order chi connectivity index (χ1) is 13.8. The number of nitrogens with one attached hydrogen (secondary N) is 1. The number of ether oxygens (including phenoxy) is 1. The highest BCUT2D eigenvalue weighted by Crippen LogP contribution is 2.31. The topological polar surface area (TPSA) is 88.8 Å². The summed E-state index contributed by atoms with van der Waals surface area (Å²) in [7, 11) is 0. The molecule has 0 saturated heterocycles. The minimum Gasteiger partial charge on any atom is -0.403 e. The van der Waals surface area contributed by atoms with E-state index >= 15 is 0 Å². The summed E-state index contributed by atoms with van der Waals surface area (Å²) in [5.74, 6) is -2.96. The summed E-state index contributed by atoms with van der Waals surface area (Å²) >= 11 is 0. The Hall–Kier alpha value is -3.21. The quantitative estimate of drug-likeness (QED) is 0.611. The van der Waals surface area contributed by atoms with Crippen molar-refractivity contribution in [1.82, 2.24) is 19.9 Å². The molecular formula is C19H18F4N4O3. The van der Waals surface area contributed by atoms with Gasteiger partial charge in [0.25, 0.3) is 5.91 Å². The van der Waals surface area contributed by atoms with Crippen LogP contribution in [0.4, 0.5) is 17.6 Å². The number of rotatable bonds is 5. The predicted molar refractivity (Wildman–Crippen MR) is 97.3 cm³/mol. The van der Waals surface area contributed by atoms with E-state index in [-0.39, 0.29) is 16.8 Å². The third kappa shape index (κ3) is 4.67. The molecule has 0 spiro atoms. The van der Waals surface area contributed by atoms with E-state index in [0.29, 0.717) is 0 Å². The maximum absolute atomic E-state index is 14.1. The Morgan fingerprint density at radius 2 is 1.97 bits per heavy atom. The number of nitrogens with zero attached hydrogens (tertiary/aromatic N) is 3. The van der Waals surface area contributed by atoms with Gasteiger partial charge in [-0.1, -0.05) is 6.07 Å². The molecule has 0 aliphatic heterocycles. The van der Waals surface area contributed by atoms with Gasteiger partial charge in [-0.3, -0.25) is 4.79 Å². The van der Waals surface area contributed by atoms with Crippen molar-refractivity contribution in [1.29, 1.82) is 0 Å². The Balaban J connectivity index is 1.91. The summed E-state index contributed by atoms with van der Waals surface area (Å²) in [5, 5.41) is 17.1. The summed E-state index contributed by atoms with van der Waals surface area (Å²) in [6.07, 6.45) is -0.544. The second-order valence-corrected chi connectivity index (χ2v) is 7.26. The van der Waals surface area contributed by atoms with Crippen LogP contribution in [0.5, 0.6) is 5.75 Å². The average Bonchev–Trinajstić information content (AvgIpc) is 3.02. The number of fused-ring (bicyclic) bond motifs is 1. The molecule has 7 nitrogen and oxygen atoms in total. The lowest BCUT2D eigenvalue weighted by Gasteiger charge is -2.30. The van der Waals surface area contributed by atoms with E-state index in [1.165, 1.54) is 24.6 Å². The molecule has 2 N–H and O–H groups in total. The second-order valence-electron chi connectivity index (χ2n) is 7.26. The first-order valence-electron chi connectivity index (χ1n) is 8.73. The molecule has 3 aromatic rings. The van der Waals surface area contributed by atoms with Crippen molar-refractivity contribution in [2.45, 2.75) is 38.8 Å². The van der Waals surface area contributed by atoms with Gasteiger partial charge >= 0.3 is 6.36 Å². The number of aromatic nitrogens is 3. The highest BCUT2D eigenvalue weighted by atomic mass is 19.4. The third-order valence-corrected chi connectivity index (χ3v) is 4.23. The summed E-state index contributed by atoms with van der Waals surface area (Å²) < 4.78 is 56.2. The van der Waals surface area contributed by atoms with E-state index in [1.54, 1.807) is 19.3 Å². The van der Waals surface area contributed by atoms with Crippen molar-refractivity contribution in [3.63, 3.8) is 0 Å². The fourth-order valence-electron chi connectivity index (χ4n) is 2.91. The number of carbonyl (C=O) groups excluding carboxylic acids is 1. The molecule has 1 aromatic carbocycles. The van der Waals surface area contributed by atoms with Crippen molar-refractivity contribution >= 4 is 11.6 Å². The van der Waals surface area contributed by atoms with Crippen molar-refractivity contribution in [3.05, 3.63) is 59.3 Å². The smallest absolute Gasteiger partial charge is 0.403 e. The number of hydrogen-bond acceptors (Lipinski definition) is 5. The van der Waals surface area contributed by atoms with Crippen molar-refractivity contribution in [3.8, 4) is 5.75 Å². The summed E-state index contributed by atoms with van der Waals surface area (Å²) in [6, 6.07) is 1.52. The lowest BCUT2D eigenvalue weighted by Crippen LogP contribution is -2.42. The summed E-state index contributed by atoms with van der Waals surface area (Å²) in [5.41, 5.74) is -0.331. The zero-order valence-corrected chi connectivity index (χ0v) is 16.2. The Morgan fingerprint density at radius 3 is 2.57 bits per heavy atom. The molecule has 3 rings (SSSR count). The number of hydrogen-bond donors (Lipinski definition) is 2. The Morgan fingerprint density at radius 1 is 1.27 bits per heavy atom. The van der Waals surface area contributed by atoms with Crippen LogP contribution in [0.1, 0.15) is 41.4 Å². The van der Waals surface area contributed by atoms with Crippen molar-refractivity contribution < 1.29 is 32.2 Å². The molecule has 0 radical (unpaired) electrons. The van der Waals surface area contributed by atoms with Crippen molar-refractivity contribution in [2.24, 2.45) is 0 Å². The Labute approximate surface area is 168 Å². The lowest BCUT2D eigenvalue weighted by atomic mass is 9.91. The monoisotopic (exact) mass is 426 g/mol. The van der Waals surface area contributed by atoms with Crippen LogP contribution in [-0.4, -0.2) is 37.6 Å². The molecule has 160 valence electrons. The van der Waals surface area contributed by atoms with Crippen LogP contribution in [0.2, 0.25) is 0 Å². The first-order valence-corrected chi connectivity index (χ1v) is 8.73. The van der Waals surface area contributed by atoms with Gasteiger partial charge in [0.05, 0.1) is 17.8 Å². The number of aryl methyl sites for hydroxylation is 1. The van der Waals surface area contributed by atoms with E-state index in [2.05, 4.69) is 20.1 Å². The molecule has 0 saturated carbocycles. The van der Waals surface area contributed by atoms with E-state index in [9.17, 15) is 27.5 Å². The van der Waals surface area contributed by atoms with Crippen LogP contribution in [0.25, 0.3) is 5.65 Å².